The van der Waals surface area contributed by atoms with Gasteiger partial charge in [0.25, 0.3) is 0 Å². The zero-order valence-corrected chi connectivity index (χ0v) is 36.1. The van der Waals surface area contributed by atoms with Crippen molar-refractivity contribution in [1.29, 1.82) is 0 Å². The highest BCUT2D eigenvalue weighted by molar-refractivity contribution is 7.09. The molecule has 1 aromatic carbocycles. The molecule has 308 valence electrons. The Hall–Kier alpha value is -3.39. The van der Waals surface area contributed by atoms with E-state index in [1.807, 2.05) is 94.2 Å². The first kappa shape index (κ1) is 46.0. The standard InChI is InChI=1S/C42H68N6O6S/c1-13-28(6)37(47(10)42(52)35(26(2)3)45-40(51)36(27(4)5)46(8)9)33(53-11)25-34(49)48-22-17-20-32(48)38(54-12)29(7)39(50)44-31(41-43-21-23-55-41)24-30-18-15-14-16-19-30/h14-16,18-19,21,23,26-29,31-33,35-38H,13,17,20,22,24-25H2,1-12H3,(H,44,50)(H,45,51)/t28-,29+,31-,32-,33-,35-,36-,37+,38+/m0/s1. The molecule has 0 aliphatic carbocycles. The molecule has 12 nitrogen and oxygen atoms in total. The highest BCUT2D eigenvalue weighted by atomic mass is 32.1. The summed E-state index contributed by atoms with van der Waals surface area (Å²) in [5, 5.41) is 9.02. The molecule has 55 heavy (non-hydrogen) atoms. The Morgan fingerprint density at radius 2 is 1.62 bits per heavy atom. The molecule has 2 aromatic rings. The summed E-state index contributed by atoms with van der Waals surface area (Å²) in [6.07, 6.45) is 3.49. The van der Waals surface area contributed by atoms with Crippen molar-refractivity contribution in [2.24, 2.45) is 23.7 Å². The molecule has 0 radical (unpaired) electrons. The van der Waals surface area contributed by atoms with Crippen LogP contribution in [0.3, 0.4) is 0 Å². The summed E-state index contributed by atoms with van der Waals surface area (Å²) in [5.41, 5.74) is 1.09. The van der Waals surface area contributed by atoms with Gasteiger partial charge in [-0.15, -0.1) is 11.3 Å². The topological polar surface area (TPSA) is 133 Å². The van der Waals surface area contributed by atoms with Crippen molar-refractivity contribution in [3.8, 4) is 0 Å². The largest absolute Gasteiger partial charge is 0.379 e. The Kier molecular flexibility index (Phi) is 18.2. The van der Waals surface area contributed by atoms with Crippen LogP contribution in [0.15, 0.2) is 41.9 Å². The van der Waals surface area contributed by atoms with Crippen molar-refractivity contribution >= 4 is 35.0 Å². The molecule has 1 saturated heterocycles. The number of rotatable bonds is 21. The normalized spacial score (nSPS) is 19.0. The van der Waals surface area contributed by atoms with Gasteiger partial charge in [0.1, 0.15) is 11.0 Å². The zero-order chi connectivity index (χ0) is 41.0. The van der Waals surface area contributed by atoms with E-state index in [0.717, 1.165) is 23.4 Å². The van der Waals surface area contributed by atoms with Crippen LogP contribution in [0.1, 0.15) is 90.8 Å². The summed E-state index contributed by atoms with van der Waals surface area (Å²) in [5.74, 6) is -1.35. The number of aromatic nitrogens is 1. The second-order valence-electron chi connectivity index (χ2n) is 16.1. The third kappa shape index (κ3) is 12.1. The minimum atomic E-state index is -0.751. The van der Waals surface area contributed by atoms with Crippen LogP contribution in [0, 0.1) is 23.7 Å². The molecule has 1 fully saturated rings. The maximum atomic E-state index is 14.3. The van der Waals surface area contributed by atoms with Gasteiger partial charge in [0.05, 0.1) is 48.7 Å². The van der Waals surface area contributed by atoms with Crippen LogP contribution in [0.4, 0.5) is 0 Å². The van der Waals surface area contributed by atoms with E-state index in [4.69, 9.17) is 9.47 Å². The van der Waals surface area contributed by atoms with E-state index in [2.05, 4.69) is 29.5 Å². The van der Waals surface area contributed by atoms with E-state index >= 15 is 0 Å². The number of hydrogen-bond acceptors (Lipinski definition) is 9. The van der Waals surface area contributed by atoms with Crippen LogP contribution in [0.5, 0.6) is 0 Å². The first-order valence-corrected chi connectivity index (χ1v) is 20.8. The number of likely N-dealkylation sites (N-methyl/N-ethyl adjacent to an activating group) is 2. The van der Waals surface area contributed by atoms with Gasteiger partial charge in [-0.3, -0.25) is 24.1 Å². The summed E-state index contributed by atoms with van der Waals surface area (Å²) >= 11 is 1.51. The van der Waals surface area contributed by atoms with Crippen molar-refractivity contribution in [2.45, 2.75) is 123 Å². The van der Waals surface area contributed by atoms with E-state index in [9.17, 15) is 19.2 Å². The van der Waals surface area contributed by atoms with E-state index in [1.54, 1.807) is 32.4 Å². The number of nitrogens with one attached hydrogen (secondary N) is 2. The Labute approximate surface area is 334 Å². The highest BCUT2D eigenvalue weighted by Gasteiger charge is 2.43. The SMILES string of the molecule is CC[C@H](C)[C@H]([C@H](CC(=O)N1CCC[C@H]1[C@H](OC)[C@@H](C)C(=O)N[C@@H](Cc1ccccc1)c1nccs1)OC)N(C)C(=O)[C@@H](NC(=O)[C@H](C(C)C)N(C)C)C(C)C. The van der Waals surface area contributed by atoms with Gasteiger partial charge in [-0.05, 0) is 56.7 Å². The molecule has 0 bridgehead atoms. The van der Waals surface area contributed by atoms with Gasteiger partial charge in [-0.2, -0.15) is 0 Å². The lowest BCUT2D eigenvalue weighted by atomic mass is 9.89. The third-order valence-corrected chi connectivity index (χ3v) is 12.2. The Bertz CT molecular complexity index is 1480. The maximum absolute atomic E-state index is 14.3. The van der Waals surface area contributed by atoms with Gasteiger partial charge in [0.15, 0.2) is 0 Å². The first-order valence-electron chi connectivity index (χ1n) is 19.9. The second-order valence-corrected chi connectivity index (χ2v) is 17.0. The van der Waals surface area contributed by atoms with Gasteiger partial charge in [0, 0.05) is 39.4 Å². The van der Waals surface area contributed by atoms with Gasteiger partial charge >= 0.3 is 0 Å². The zero-order valence-electron chi connectivity index (χ0n) is 35.3. The van der Waals surface area contributed by atoms with E-state index in [1.165, 1.54) is 11.3 Å². The number of thiazole rings is 1. The molecule has 0 unspecified atom stereocenters. The molecule has 4 amide bonds. The molecule has 13 heteroatoms. The Balaban J connectivity index is 1.79. The number of carbonyl (C=O) groups excluding carboxylic acids is 4. The number of nitrogens with zero attached hydrogens (tertiary/aromatic N) is 4. The van der Waals surface area contributed by atoms with Gasteiger partial charge in [-0.1, -0.05) is 85.2 Å². The molecule has 2 heterocycles. The van der Waals surface area contributed by atoms with Crippen molar-refractivity contribution < 1.29 is 28.7 Å². The number of carbonyl (C=O) groups is 4. The fourth-order valence-electron chi connectivity index (χ4n) is 8.17. The summed E-state index contributed by atoms with van der Waals surface area (Å²) in [7, 11) is 8.66. The molecule has 3 rings (SSSR count). The average Bonchev–Trinajstić information content (AvgIpc) is 3.87. The molecule has 1 aliphatic rings. The number of benzene rings is 1. The fraction of sp³-hybridized carbons (Fsp3) is 0.690. The van der Waals surface area contributed by atoms with Gasteiger partial charge in [0.2, 0.25) is 23.6 Å². The molecule has 0 spiro atoms. The summed E-state index contributed by atoms with van der Waals surface area (Å²) in [6.45, 7) is 14.3. The minimum absolute atomic E-state index is 0.00751. The highest BCUT2D eigenvalue weighted by Crippen LogP contribution is 2.30. The third-order valence-electron chi connectivity index (χ3n) is 11.3. The van der Waals surface area contributed by atoms with E-state index in [-0.39, 0.29) is 65.9 Å². The lowest BCUT2D eigenvalue weighted by molar-refractivity contribution is -0.148. The lowest BCUT2D eigenvalue weighted by Crippen LogP contribution is -2.59. The van der Waals surface area contributed by atoms with Gasteiger partial charge in [-0.25, -0.2) is 4.98 Å². The van der Waals surface area contributed by atoms with Crippen molar-refractivity contribution in [3.05, 3.63) is 52.5 Å². The van der Waals surface area contributed by atoms with Crippen molar-refractivity contribution in [3.63, 3.8) is 0 Å². The quantitative estimate of drug-likeness (QED) is 0.177. The van der Waals surface area contributed by atoms with E-state index < -0.39 is 30.2 Å². The van der Waals surface area contributed by atoms with E-state index in [0.29, 0.717) is 19.4 Å². The second kappa shape index (κ2) is 21.8. The molecular formula is C42H68N6O6S. The van der Waals surface area contributed by atoms with Crippen molar-refractivity contribution in [2.75, 3.05) is 41.9 Å². The number of amides is 4. The first-order chi connectivity index (χ1) is 26.1. The van der Waals surface area contributed by atoms with Crippen LogP contribution in [-0.2, 0) is 35.1 Å². The predicted octanol–water partition coefficient (Wildman–Crippen LogP) is 5.19. The molecular weight excluding hydrogens is 717 g/mol. The number of hydrogen-bond donors (Lipinski definition) is 2. The van der Waals surface area contributed by atoms with Crippen LogP contribution >= 0.6 is 11.3 Å². The Morgan fingerprint density at radius 1 is 0.945 bits per heavy atom. The molecule has 2 N–H and O–H groups in total. The van der Waals surface area contributed by atoms with Crippen LogP contribution in [0.25, 0.3) is 0 Å². The maximum Gasteiger partial charge on any atom is 0.245 e. The summed E-state index contributed by atoms with van der Waals surface area (Å²) in [4.78, 5) is 65.8. The molecule has 0 saturated carbocycles. The van der Waals surface area contributed by atoms with Crippen LogP contribution < -0.4 is 10.6 Å². The predicted molar refractivity (Wildman–Crippen MR) is 218 cm³/mol. The summed E-state index contributed by atoms with van der Waals surface area (Å²) < 4.78 is 12.1. The lowest BCUT2D eigenvalue weighted by Gasteiger charge is -2.41. The number of likely N-dealkylation sites (tertiary alicyclic amines) is 1. The number of methoxy groups -OCH3 is 2. The van der Waals surface area contributed by atoms with Crippen LogP contribution in [-0.4, -0.2) is 122 Å². The smallest absolute Gasteiger partial charge is 0.245 e. The van der Waals surface area contributed by atoms with Crippen molar-refractivity contribution in [1.82, 2.24) is 30.3 Å². The molecule has 9 atom stereocenters. The molecule has 1 aliphatic heterocycles. The van der Waals surface area contributed by atoms with Gasteiger partial charge < -0.3 is 29.9 Å². The average molecular weight is 785 g/mol. The monoisotopic (exact) mass is 784 g/mol. The fourth-order valence-corrected chi connectivity index (χ4v) is 8.86. The number of ether oxygens (including phenoxy) is 2. The molecule has 1 aromatic heterocycles. The minimum Gasteiger partial charge on any atom is -0.379 e. The van der Waals surface area contributed by atoms with Crippen LogP contribution in [0.2, 0.25) is 0 Å². The Morgan fingerprint density at radius 3 is 2.15 bits per heavy atom. The summed E-state index contributed by atoms with van der Waals surface area (Å²) in [6, 6.07) is 7.83.